The third kappa shape index (κ3) is 3.65. The molecule has 1 aliphatic rings. The summed E-state index contributed by atoms with van der Waals surface area (Å²) in [4.78, 5) is 24.5. The van der Waals surface area contributed by atoms with Crippen LogP contribution in [-0.4, -0.2) is 45.2 Å². The largest absolute Gasteiger partial charge is 0.507 e. The van der Waals surface area contributed by atoms with Gasteiger partial charge in [-0.2, -0.15) is 0 Å². The number of amides is 1. The predicted octanol–water partition coefficient (Wildman–Crippen LogP) is 1.81. The van der Waals surface area contributed by atoms with Crippen molar-refractivity contribution in [2.75, 3.05) is 13.1 Å². The summed E-state index contributed by atoms with van der Waals surface area (Å²) in [7, 11) is 0. The van der Waals surface area contributed by atoms with Gasteiger partial charge in [-0.15, -0.1) is 0 Å². The molecule has 1 aliphatic heterocycles. The number of carboxylic acid groups (broad SMARTS) is 1. The number of carbonyl (C=O) groups excluding carboxylic acids is 1. The molecule has 1 aromatic rings. The van der Waals surface area contributed by atoms with E-state index in [-0.39, 0.29) is 29.4 Å². The lowest BCUT2D eigenvalue weighted by atomic mass is 9.92. The number of aromatic hydroxyl groups is 2. The third-order valence-electron chi connectivity index (χ3n) is 3.90. The van der Waals surface area contributed by atoms with Crippen molar-refractivity contribution in [2.45, 2.75) is 25.7 Å². The number of phenolic OH excluding ortho intramolecular Hbond substituents is 2. The van der Waals surface area contributed by atoms with E-state index in [1.54, 1.807) is 4.90 Å². The molecule has 1 saturated heterocycles. The second-order valence-electron chi connectivity index (χ2n) is 5.34. The van der Waals surface area contributed by atoms with Crippen LogP contribution in [0.1, 0.15) is 36.0 Å². The smallest absolute Gasteiger partial charge is 0.303 e. The number of aliphatic carboxylic acids is 1. The van der Waals surface area contributed by atoms with Gasteiger partial charge in [0.25, 0.3) is 5.91 Å². The molecule has 0 aliphatic carbocycles. The van der Waals surface area contributed by atoms with Crippen LogP contribution in [-0.2, 0) is 4.79 Å². The molecule has 2 rings (SSSR count). The summed E-state index contributed by atoms with van der Waals surface area (Å²) in [5.41, 5.74) is -0.0681. The van der Waals surface area contributed by atoms with E-state index >= 15 is 0 Å². The molecule has 1 fully saturated rings. The molecule has 3 N–H and O–H groups in total. The van der Waals surface area contributed by atoms with Crippen LogP contribution in [0.2, 0.25) is 0 Å². The zero-order chi connectivity index (χ0) is 15.4. The first-order chi connectivity index (χ1) is 9.99. The van der Waals surface area contributed by atoms with E-state index in [0.717, 1.165) is 12.8 Å². The highest BCUT2D eigenvalue weighted by atomic mass is 16.4. The maximum atomic E-state index is 12.3. The van der Waals surface area contributed by atoms with Gasteiger partial charge in [0.05, 0.1) is 0 Å². The molecule has 0 saturated carbocycles. The molecule has 0 aromatic heterocycles. The van der Waals surface area contributed by atoms with Gasteiger partial charge in [0.2, 0.25) is 0 Å². The van der Waals surface area contributed by atoms with Crippen molar-refractivity contribution in [1.29, 1.82) is 0 Å². The number of carboxylic acids is 1. The molecule has 0 spiro atoms. The van der Waals surface area contributed by atoms with Crippen molar-refractivity contribution in [3.8, 4) is 11.5 Å². The minimum absolute atomic E-state index is 0.0681. The van der Waals surface area contributed by atoms with Gasteiger partial charge in [-0.05, 0) is 37.3 Å². The van der Waals surface area contributed by atoms with Crippen molar-refractivity contribution in [3.63, 3.8) is 0 Å². The summed E-state index contributed by atoms with van der Waals surface area (Å²) in [6.45, 7) is 1.02. The topological polar surface area (TPSA) is 98.1 Å². The van der Waals surface area contributed by atoms with Crippen LogP contribution in [0.5, 0.6) is 11.5 Å². The van der Waals surface area contributed by atoms with Crippen LogP contribution in [0, 0.1) is 5.92 Å². The van der Waals surface area contributed by atoms with Crippen LogP contribution in [0.15, 0.2) is 18.2 Å². The van der Waals surface area contributed by atoms with E-state index in [4.69, 9.17) is 5.11 Å². The Morgan fingerprint density at radius 1 is 1.14 bits per heavy atom. The summed E-state index contributed by atoms with van der Waals surface area (Å²) in [6.07, 6.45) is 2.26. The van der Waals surface area contributed by atoms with Gasteiger partial charge in [-0.3, -0.25) is 9.59 Å². The number of hydrogen-bond donors (Lipinski definition) is 3. The molecule has 0 atom stereocenters. The van der Waals surface area contributed by atoms with Crippen LogP contribution < -0.4 is 0 Å². The highest BCUT2D eigenvalue weighted by molar-refractivity contribution is 5.99. The minimum Gasteiger partial charge on any atom is -0.507 e. The van der Waals surface area contributed by atoms with Crippen LogP contribution in [0.25, 0.3) is 0 Å². The second kappa shape index (κ2) is 6.47. The molecule has 114 valence electrons. The molecule has 0 radical (unpaired) electrons. The number of piperidine rings is 1. The Kier molecular flexibility index (Phi) is 4.67. The van der Waals surface area contributed by atoms with E-state index in [1.165, 1.54) is 18.2 Å². The lowest BCUT2D eigenvalue weighted by Crippen LogP contribution is -2.38. The van der Waals surface area contributed by atoms with Gasteiger partial charge in [-0.1, -0.05) is 6.07 Å². The summed E-state index contributed by atoms with van der Waals surface area (Å²) >= 11 is 0. The summed E-state index contributed by atoms with van der Waals surface area (Å²) in [5.74, 6) is -1.33. The average molecular weight is 293 g/mol. The maximum Gasteiger partial charge on any atom is 0.303 e. The lowest BCUT2D eigenvalue weighted by Gasteiger charge is -2.32. The van der Waals surface area contributed by atoms with Gasteiger partial charge < -0.3 is 20.2 Å². The fourth-order valence-corrected chi connectivity index (χ4v) is 2.66. The summed E-state index contributed by atoms with van der Waals surface area (Å²) in [5, 5.41) is 28.1. The Morgan fingerprint density at radius 2 is 1.71 bits per heavy atom. The SMILES string of the molecule is O=C(O)CCC1CCN(C(=O)c2c(O)cccc2O)CC1. The van der Waals surface area contributed by atoms with E-state index in [9.17, 15) is 19.8 Å². The third-order valence-corrected chi connectivity index (χ3v) is 3.90. The first kappa shape index (κ1) is 15.2. The van der Waals surface area contributed by atoms with E-state index in [2.05, 4.69) is 0 Å². The monoisotopic (exact) mass is 293 g/mol. The lowest BCUT2D eigenvalue weighted by molar-refractivity contribution is -0.137. The average Bonchev–Trinajstić information content (AvgIpc) is 2.45. The Morgan fingerprint density at radius 3 is 2.24 bits per heavy atom. The molecule has 1 amide bonds. The Labute approximate surface area is 122 Å². The Bertz CT molecular complexity index is 515. The van der Waals surface area contributed by atoms with Gasteiger partial charge in [-0.25, -0.2) is 0 Å². The number of hydrogen-bond acceptors (Lipinski definition) is 4. The first-order valence-electron chi connectivity index (χ1n) is 7.01. The van der Waals surface area contributed by atoms with E-state index in [0.29, 0.717) is 25.4 Å². The number of likely N-dealkylation sites (tertiary alicyclic amines) is 1. The molecule has 0 unspecified atom stereocenters. The van der Waals surface area contributed by atoms with Gasteiger partial charge in [0.15, 0.2) is 0 Å². The fourth-order valence-electron chi connectivity index (χ4n) is 2.66. The molecular formula is C15H19NO5. The van der Waals surface area contributed by atoms with Crippen molar-refractivity contribution in [3.05, 3.63) is 23.8 Å². The van der Waals surface area contributed by atoms with Crippen molar-refractivity contribution in [1.82, 2.24) is 4.90 Å². The molecule has 6 heteroatoms. The molecule has 21 heavy (non-hydrogen) atoms. The van der Waals surface area contributed by atoms with Crippen LogP contribution in [0.4, 0.5) is 0 Å². The van der Waals surface area contributed by atoms with Gasteiger partial charge >= 0.3 is 5.97 Å². The zero-order valence-corrected chi connectivity index (χ0v) is 11.7. The number of carbonyl (C=O) groups is 2. The number of nitrogens with zero attached hydrogens (tertiary/aromatic N) is 1. The van der Waals surface area contributed by atoms with Crippen molar-refractivity contribution < 1.29 is 24.9 Å². The van der Waals surface area contributed by atoms with Crippen molar-refractivity contribution >= 4 is 11.9 Å². The van der Waals surface area contributed by atoms with Crippen molar-refractivity contribution in [2.24, 2.45) is 5.92 Å². The molecule has 6 nitrogen and oxygen atoms in total. The number of phenols is 2. The Balaban J connectivity index is 1.96. The highest BCUT2D eigenvalue weighted by Gasteiger charge is 2.27. The first-order valence-corrected chi connectivity index (χ1v) is 7.01. The van der Waals surface area contributed by atoms with Gasteiger partial charge in [0, 0.05) is 19.5 Å². The molecule has 1 heterocycles. The standard InChI is InChI=1S/C15H19NO5/c17-11-2-1-3-12(18)14(11)15(21)16-8-6-10(7-9-16)4-5-13(19)20/h1-3,10,17-18H,4-9H2,(H,19,20). The Hall–Kier alpha value is -2.24. The summed E-state index contributed by atoms with van der Waals surface area (Å²) in [6, 6.07) is 4.21. The number of rotatable bonds is 4. The summed E-state index contributed by atoms with van der Waals surface area (Å²) < 4.78 is 0. The molecule has 1 aromatic carbocycles. The minimum atomic E-state index is -0.798. The van der Waals surface area contributed by atoms with Crippen LogP contribution >= 0.6 is 0 Å². The van der Waals surface area contributed by atoms with Gasteiger partial charge in [0.1, 0.15) is 17.1 Å². The maximum absolute atomic E-state index is 12.3. The van der Waals surface area contributed by atoms with Crippen LogP contribution in [0.3, 0.4) is 0 Å². The number of benzene rings is 1. The van der Waals surface area contributed by atoms with E-state index < -0.39 is 5.97 Å². The highest BCUT2D eigenvalue weighted by Crippen LogP contribution is 2.30. The normalized spacial score (nSPS) is 15.9. The zero-order valence-electron chi connectivity index (χ0n) is 11.7. The molecular weight excluding hydrogens is 274 g/mol. The fraction of sp³-hybridized carbons (Fsp3) is 0.467. The quantitative estimate of drug-likeness (QED) is 0.786. The predicted molar refractivity (Wildman–Crippen MR) is 75.3 cm³/mol. The second-order valence-corrected chi connectivity index (χ2v) is 5.34. The van der Waals surface area contributed by atoms with E-state index in [1.807, 2.05) is 0 Å². The molecule has 0 bridgehead atoms.